The summed E-state index contributed by atoms with van der Waals surface area (Å²) in [5, 5.41) is 7.59. The lowest BCUT2D eigenvalue weighted by Crippen LogP contribution is -2.22. The maximum atomic E-state index is 5.14. The minimum atomic E-state index is 0.498. The molecule has 1 fully saturated rings. The van der Waals surface area contributed by atoms with Crippen molar-refractivity contribution in [3.8, 4) is 0 Å². The van der Waals surface area contributed by atoms with Crippen LogP contribution >= 0.6 is 0 Å². The van der Waals surface area contributed by atoms with Crippen LogP contribution in [-0.4, -0.2) is 21.3 Å². The van der Waals surface area contributed by atoms with Crippen molar-refractivity contribution < 1.29 is 4.52 Å². The van der Waals surface area contributed by atoms with Crippen LogP contribution in [0.5, 0.6) is 0 Å². The number of rotatable bonds is 7. The Kier molecular flexibility index (Phi) is 3.87. The molecule has 2 heterocycles. The zero-order valence-corrected chi connectivity index (χ0v) is 12.2. The summed E-state index contributed by atoms with van der Waals surface area (Å²) in [5.41, 5.74) is 1.37. The van der Waals surface area contributed by atoms with E-state index in [1.54, 1.807) is 0 Å². The zero-order chi connectivity index (χ0) is 13.9. The summed E-state index contributed by atoms with van der Waals surface area (Å²) >= 11 is 0. The largest absolute Gasteiger partial charge is 0.346 e. The normalized spacial score (nSPS) is 16.5. The predicted octanol–water partition coefficient (Wildman–Crippen LogP) is 2.54. The standard InChI is InChI=1S/C15H22N4O/c1-3-14-17-13(18-20-14)10-19-8-7-12(9-19)15(16-4-2)11-5-6-11/h7-9,11,15-16H,3-6,10H2,1-2H3. The topological polar surface area (TPSA) is 55.9 Å². The monoisotopic (exact) mass is 274 g/mol. The summed E-state index contributed by atoms with van der Waals surface area (Å²) in [7, 11) is 0. The molecule has 1 aliphatic carbocycles. The first-order chi connectivity index (χ1) is 9.80. The van der Waals surface area contributed by atoms with E-state index in [0.717, 1.165) is 24.7 Å². The van der Waals surface area contributed by atoms with Gasteiger partial charge >= 0.3 is 0 Å². The fourth-order valence-electron chi connectivity index (χ4n) is 2.61. The van der Waals surface area contributed by atoms with Crippen molar-refractivity contribution in [3.05, 3.63) is 35.7 Å². The van der Waals surface area contributed by atoms with E-state index in [0.29, 0.717) is 18.5 Å². The van der Waals surface area contributed by atoms with Gasteiger partial charge in [-0.1, -0.05) is 19.0 Å². The maximum absolute atomic E-state index is 5.14. The van der Waals surface area contributed by atoms with Crippen LogP contribution in [0.3, 0.4) is 0 Å². The molecule has 0 bridgehead atoms. The van der Waals surface area contributed by atoms with Crippen LogP contribution in [0.25, 0.3) is 0 Å². The quantitative estimate of drug-likeness (QED) is 0.843. The van der Waals surface area contributed by atoms with Crippen LogP contribution in [0.4, 0.5) is 0 Å². The van der Waals surface area contributed by atoms with Crippen molar-refractivity contribution in [1.29, 1.82) is 0 Å². The first-order valence-corrected chi connectivity index (χ1v) is 7.50. The second-order valence-corrected chi connectivity index (χ2v) is 5.45. The molecule has 0 radical (unpaired) electrons. The molecule has 0 spiro atoms. The van der Waals surface area contributed by atoms with Gasteiger partial charge in [0, 0.05) is 24.9 Å². The minimum absolute atomic E-state index is 0.498. The molecule has 5 heteroatoms. The smallest absolute Gasteiger partial charge is 0.226 e. The van der Waals surface area contributed by atoms with E-state index < -0.39 is 0 Å². The van der Waals surface area contributed by atoms with Crippen molar-refractivity contribution in [2.24, 2.45) is 5.92 Å². The number of aryl methyl sites for hydroxylation is 1. The Morgan fingerprint density at radius 3 is 2.95 bits per heavy atom. The number of aromatic nitrogens is 3. The fraction of sp³-hybridized carbons (Fsp3) is 0.600. The van der Waals surface area contributed by atoms with Crippen molar-refractivity contribution in [2.75, 3.05) is 6.54 Å². The van der Waals surface area contributed by atoms with E-state index in [4.69, 9.17) is 4.52 Å². The Hall–Kier alpha value is -1.62. The average Bonchev–Trinajstić information content (AvgIpc) is 3.02. The van der Waals surface area contributed by atoms with E-state index in [9.17, 15) is 0 Å². The summed E-state index contributed by atoms with van der Waals surface area (Å²) in [6.45, 7) is 5.86. The lowest BCUT2D eigenvalue weighted by molar-refractivity contribution is 0.375. The molecular formula is C15H22N4O. The van der Waals surface area contributed by atoms with Gasteiger partial charge in [-0.25, -0.2) is 0 Å². The Morgan fingerprint density at radius 2 is 2.30 bits per heavy atom. The summed E-state index contributed by atoms with van der Waals surface area (Å²) in [5.74, 6) is 2.26. The van der Waals surface area contributed by atoms with Gasteiger partial charge in [0.2, 0.25) is 5.89 Å². The minimum Gasteiger partial charge on any atom is -0.346 e. The van der Waals surface area contributed by atoms with E-state index >= 15 is 0 Å². The van der Waals surface area contributed by atoms with Crippen LogP contribution in [0.2, 0.25) is 0 Å². The summed E-state index contributed by atoms with van der Waals surface area (Å²) < 4.78 is 7.27. The van der Waals surface area contributed by atoms with Gasteiger partial charge in [0.15, 0.2) is 5.82 Å². The van der Waals surface area contributed by atoms with Crippen molar-refractivity contribution >= 4 is 0 Å². The fourth-order valence-corrected chi connectivity index (χ4v) is 2.61. The van der Waals surface area contributed by atoms with E-state index in [2.05, 4.69) is 45.4 Å². The van der Waals surface area contributed by atoms with Crippen LogP contribution in [0.1, 0.15) is 50.0 Å². The third kappa shape index (κ3) is 2.93. The molecule has 2 aromatic rings. The highest BCUT2D eigenvalue weighted by atomic mass is 16.5. The van der Waals surface area contributed by atoms with E-state index in [1.165, 1.54) is 18.4 Å². The van der Waals surface area contributed by atoms with Gasteiger partial charge in [0.25, 0.3) is 0 Å². The van der Waals surface area contributed by atoms with Gasteiger partial charge in [-0.3, -0.25) is 0 Å². The Bertz CT molecular complexity index is 556. The van der Waals surface area contributed by atoms with Crippen molar-refractivity contribution in [1.82, 2.24) is 20.0 Å². The summed E-state index contributed by atoms with van der Waals surface area (Å²) in [4.78, 5) is 4.35. The average molecular weight is 274 g/mol. The third-order valence-corrected chi connectivity index (χ3v) is 3.79. The first kappa shape index (κ1) is 13.4. The molecule has 1 unspecified atom stereocenters. The molecule has 1 saturated carbocycles. The van der Waals surface area contributed by atoms with E-state index in [-0.39, 0.29) is 0 Å². The molecule has 20 heavy (non-hydrogen) atoms. The van der Waals surface area contributed by atoms with Crippen LogP contribution < -0.4 is 5.32 Å². The molecule has 3 rings (SSSR count). The Morgan fingerprint density at radius 1 is 1.45 bits per heavy atom. The SMILES string of the molecule is CCNC(c1ccn(Cc2noc(CC)n2)c1)C1CC1. The predicted molar refractivity (Wildman–Crippen MR) is 76.4 cm³/mol. The first-order valence-electron chi connectivity index (χ1n) is 7.50. The Labute approximate surface area is 119 Å². The molecule has 2 aromatic heterocycles. The molecule has 1 aliphatic rings. The van der Waals surface area contributed by atoms with Crippen molar-refractivity contribution in [3.63, 3.8) is 0 Å². The van der Waals surface area contributed by atoms with Crippen LogP contribution in [0.15, 0.2) is 23.0 Å². The summed E-state index contributed by atoms with van der Waals surface area (Å²) in [6, 6.07) is 2.70. The van der Waals surface area contributed by atoms with Gasteiger partial charge in [0.05, 0.1) is 6.54 Å². The highest BCUT2D eigenvalue weighted by molar-refractivity contribution is 5.18. The lowest BCUT2D eigenvalue weighted by atomic mass is 10.1. The van der Waals surface area contributed by atoms with Crippen LogP contribution in [0, 0.1) is 5.92 Å². The number of nitrogens with one attached hydrogen (secondary N) is 1. The highest BCUT2D eigenvalue weighted by Gasteiger charge is 2.32. The molecule has 0 aliphatic heterocycles. The maximum Gasteiger partial charge on any atom is 0.226 e. The molecule has 0 saturated heterocycles. The number of hydrogen-bond acceptors (Lipinski definition) is 4. The molecular weight excluding hydrogens is 252 g/mol. The van der Waals surface area contributed by atoms with Crippen LogP contribution in [-0.2, 0) is 13.0 Å². The molecule has 108 valence electrons. The second kappa shape index (κ2) is 5.79. The molecule has 0 aromatic carbocycles. The Balaban J connectivity index is 1.69. The van der Waals surface area contributed by atoms with Crippen molar-refractivity contribution in [2.45, 2.75) is 45.7 Å². The number of nitrogens with zero attached hydrogens (tertiary/aromatic N) is 3. The second-order valence-electron chi connectivity index (χ2n) is 5.45. The summed E-state index contributed by atoms with van der Waals surface area (Å²) in [6.07, 6.45) is 7.77. The lowest BCUT2D eigenvalue weighted by Gasteiger charge is -2.15. The van der Waals surface area contributed by atoms with E-state index in [1.807, 2.05) is 6.92 Å². The van der Waals surface area contributed by atoms with Gasteiger partial charge in [-0.05, 0) is 36.9 Å². The molecule has 0 amide bonds. The zero-order valence-electron chi connectivity index (χ0n) is 12.2. The third-order valence-electron chi connectivity index (χ3n) is 3.79. The van der Waals surface area contributed by atoms with Gasteiger partial charge in [-0.2, -0.15) is 4.98 Å². The van der Waals surface area contributed by atoms with Gasteiger partial charge in [0.1, 0.15) is 0 Å². The molecule has 1 atom stereocenters. The van der Waals surface area contributed by atoms with Gasteiger partial charge < -0.3 is 14.4 Å². The highest BCUT2D eigenvalue weighted by Crippen LogP contribution is 2.40. The van der Waals surface area contributed by atoms with Gasteiger partial charge in [-0.15, -0.1) is 0 Å². The number of hydrogen-bond donors (Lipinski definition) is 1. The molecule has 5 nitrogen and oxygen atoms in total. The molecule has 1 N–H and O–H groups in total.